The Balaban J connectivity index is 1.92. The van der Waals surface area contributed by atoms with Crippen molar-refractivity contribution in [2.24, 2.45) is 0 Å². The first-order valence-electron chi connectivity index (χ1n) is 5.73. The topological polar surface area (TPSA) is 38.3 Å². The first-order valence-corrected chi connectivity index (χ1v) is 5.73. The van der Waals surface area contributed by atoms with E-state index >= 15 is 0 Å². The van der Waals surface area contributed by atoms with Gasteiger partial charge in [-0.05, 0) is 31.9 Å². The van der Waals surface area contributed by atoms with Crippen molar-refractivity contribution in [1.82, 2.24) is 5.32 Å². The normalized spacial score (nSPS) is 25.1. The summed E-state index contributed by atoms with van der Waals surface area (Å²) in [5.74, 6) is 0.0136. The van der Waals surface area contributed by atoms with E-state index in [1.54, 1.807) is 0 Å². The van der Waals surface area contributed by atoms with Gasteiger partial charge < -0.3 is 10.1 Å². The highest BCUT2D eigenvalue weighted by molar-refractivity contribution is 5.94. The second-order valence-electron chi connectivity index (χ2n) is 4.24. The maximum absolute atomic E-state index is 11.9. The van der Waals surface area contributed by atoms with Gasteiger partial charge in [-0.15, -0.1) is 0 Å². The fourth-order valence-electron chi connectivity index (χ4n) is 1.99. The van der Waals surface area contributed by atoms with Crippen LogP contribution >= 0.6 is 0 Å². The zero-order chi connectivity index (χ0) is 11.4. The van der Waals surface area contributed by atoms with Gasteiger partial charge >= 0.3 is 0 Å². The van der Waals surface area contributed by atoms with E-state index in [4.69, 9.17) is 4.74 Å². The number of hydrogen-bond donors (Lipinski definition) is 1. The van der Waals surface area contributed by atoms with E-state index in [0.717, 1.165) is 25.0 Å². The zero-order valence-corrected chi connectivity index (χ0v) is 9.48. The van der Waals surface area contributed by atoms with Crippen molar-refractivity contribution in [3.05, 3.63) is 35.9 Å². The highest BCUT2D eigenvalue weighted by Crippen LogP contribution is 2.13. The molecule has 0 saturated carbocycles. The van der Waals surface area contributed by atoms with Gasteiger partial charge in [0.25, 0.3) is 5.91 Å². The molecule has 0 spiro atoms. The van der Waals surface area contributed by atoms with Gasteiger partial charge in [-0.1, -0.05) is 18.2 Å². The SMILES string of the molecule is CC1CC(NC(=O)c2ccccc2)CCO1. The third-order valence-corrected chi connectivity index (χ3v) is 2.86. The average molecular weight is 219 g/mol. The van der Waals surface area contributed by atoms with Crippen molar-refractivity contribution in [2.45, 2.75) is 31.9 Å². The molecule has 1 amide bonds. The number of benzene rings is 1. The van der Waals surface area contributed by atoms with Crippen molar-refractivity contribution in [3.8, 4) is 0 Å². The van der Waals surface area contributed by atoms with Gasteiger partial charge in [0.15, 0.2) is 0 Å². The third kappa shape index (κ3) is 2.83. The fraction of sp³-hybridized carbons (Fsp3) is 0.462. The van der Waals surface area contributed by atoms with Crippen LogP contribution in [0, 0.1) is 0 Å². The molecular formula is C13H17NO2. The first-order chi connectivity index (χ1) is 7.75. The molecule has 1 saturated heterocycles. The van der Waals surface area contributed by atoms with Gasteiger partial charge in [0.1, 0.15) is 0 Å². The summed E-state index contributed by atoms with van der Waals surface area (Å²) >= 11 is 0. The van der Waals surface area contributed by atoms with Gasteiger partial charge in [-0.25, -0.2) is 0 Å². The van der Waals surface area contributed by atoms with E-state index in [1.807, 2.05) is 37.3 Å². The Morgan fingerprint density at radius 3 is 2.81 bits per heavy atom. The van der Waals surface area contributed by atoms with Crippen LogP contribution in [0.3, 0.4) is 0 Å². The monoisotopic (exact) mass is 219 g/mol. The predicted molar refractivity (Wildman–Crippen MR) is 62.3 cm³/mol. The molecule has 0 aliphatic carbocycles. The Morgan fingerprint density at radius 2 is 2.12 bits per heavy atom. The van der Waals surface area contributed by atoms with E-state index < -0.39 is 0 Å². The number of rotatable bonds is 2. The van der Waals surface area contributed by atoms with Gasteiger partial charge in [-0.2, -0.15) is 0 Å². The highest BCUT2D eigenvalue weighted by Gasteiger charge is 2.21. The molecule has 2 rings (SSSR count). The van der Waals surface area contributed by atoms with Crippen LogP contribution in [0.15, 0.2) is 30.3 Å². The Hall–Kier alpha value is -1.35. The maximum Gasteiger partial charge on any atom is 0.251 e. The molecule has 1 aromatic rings. The van der Waals surface area contributed by atoms with Gasteiger partial charge in [0.05, 0.1) is 6.10 Å². The summed E-state index contributed by atoms with van der Waals surface area (Å²) in [4.78, 5) is 11.9. The van der Waals surface area contributed by atoms with Crippen molar-refractivity contribution in [1.29, 1.82) is 0 Å². The Labute approximate surface area is 95.8 Å². The minimum Gasteiger partial charge on any atom is -0.378 e. The van der Waals surface area contributed by atoms with E-state index in [0.29, 0.717) is 0 Å². The van der Waals surface area contributed by atoms with Crippen LogP contribution in [-0.2, 0) is 4.74 Å². The summed E-state index contributed by atoms with van der Waals surface area (Å²) in [6, 6.07) is 9.57. The fourth-order valence-corrected chi connectivity index (χ4v) is 1.99. The molecule has 16 heavy (non-hydrogen) atoms. The highest BCUT2D eigenvalue weighted by atomic mass is 16.5. The molecule has 86 valence electrons. The van der Waals surface area contributed by atoms with Crippen molar-refractivity contribution in [3.63, 3.8) is 0 Å². The number of nitrogens with one attached hydrogen (secondary N) is 1. The molecule has 1 N–H and O–H groups in total. The van der Waals surface area contributed by atoms with Crippen molar-refractivity contribution in [2.75, 3.05) is 6.61 Å². The molecule has 1 fully saturated rings. The summed E-state index contributed by atoms with van der Waals surface area (Å²) in [7, 11) is 0. The van der Waals surface area contributed by atoms with Crippen LogP contribution in [0.4, 0.5) is 0 Å². The van der Waals surface area contributed by atoms with E-state index in [1.165, 1.54) is 0 Å². The molecule has 2 atom stereocenters. The largest absolute Gasteiger partial charge is 0.378 e. The molecule has 1 aliphatic heterocycles. The Morgan fingerprint density at radius 1 is 1.38 bits per heavy atom. The zero-order valence-electron chi connectivity index (χ0n) is 9.48. The van der Waals surface area contributed by atoms with Gasteiger partial charge in [0, 0.05) is 18.2 Å². The molecule has 0 radical (unpaired) electrons. The van der Waals surface area contributed by atoms with Crippen LogP contribution < -0.4 is 5.32 Å². The second-order valence-corrected chi connectivity index (χ2v) is 4.24. The molecule has 1 heterocycles. The van der Waals surface area contributed by atoms with Crippen LogP contribution in [-0.4, -0.2) is 24.7 Å². The van der Waals surface area contributed by atoms with Crippen molar-refractivity contribution < 1.29 is 9.53 Å². The van der Waals surface area contributed by atoms with Crippen LogP contribution in [0.5, 0.6) is 0 Å². The number of ether oxygens (including phenoxy) is 1. The van der Waals surface area contributed by atoms with Crippen molar-refractivity contribution >= 4 is 5.91 Å². The summed E-state index contributed by atoms with van der Waals surface area (Å²) in [5.41, 5.74) is 0.724. The summed E-state index contributed by atoms with van der Waals surface area (Å²) in [5, 5.41) is 3.05. The summed E-state index contributed by atoms with van der Waals surface area (Å²) < 4.78 is 5.44. The van der Waals surface area contributed by atoms with Crippen LogP contribution in [0.2, 0.25) is 0 Å². The average Bonchev–Trinajstić information content (AvgIpc) is 2.30. The molecule has 1 aliphatic rings. The standard InChI is InChI=1S/C13H17NO2/c1-10-9-12(7-8-16-10)14-13(15)11-5-3-2-4-6-11/h2-6,10,12H,7-9H2,1H3,(H,14,15). The lowest BCUT2D eigenvalue weighted by Gasteiger charge is -2.27. The first kappa shape index (κ1) is 11.1. The van der Waals surface area contributed by atoms with E-state index in [-0.39, 0.29) is 18.1 Å². The lowest BCUT2D eigenvalue weighted by molar-refractivity contribution is 0.0136. The van der Waals surface area contributed by atoms with Crippen LogP contribution in [0.1, 0.15) is 30.1 Å². The quantitative estimate of drug-likeness (QED) is 0.826. The Kier molecular flexibility index (Phi) is 3.57. The second kappa shape index (κ2) is 5.12. The lowest BCUT2D eigenvalue weighted by Crippen LogP contribution is -2.41. The summed E-state index contributed by atoms with van der Waals surface area (Å²) in [6.07, 6.45) is 2.05. The smallest absolute Gasteiger partial charge is 0.251 e. The molecule has 2 unspecified atom stereocenters. The number of amides is 1. The van der Waals surface area contributed by atoms with Gasteiger partial charge in [-0.3, -0.25) is 4.79 Å². The maximum atomic E-state index is 11.9. The molecule has 0 bridgehead atoms. The molecule has 3 nitrogen and oxygen atoms in total. The summed E-state index contributed by atoms with van der Waals surface area (Å²) in [6.45, 7) is 2.78. The third-order valence-electron chi connectivity index (χ3n) is 2.86. The number of carbonyl (C=O) groups is 1. The van der Waals surface area contributed by atoms with Gasteiger partial charge in [0.2, 0.25) is 0 Å². The lowest BCUT2D eigenvalue weighted by atomic mass is 10.0. The molecule has 3 heteroatoms. The molecule has 1 aromatic carbocycles. The predicted octanol–water partition coefficient (Wildman–Crippen LogP) is 1.98. The number of carbonyl (C=O) groups excluding carboxylic acids is 1. The van der Waals surface area contributed by atoms with E-state index in [9.17, 15) is 4.79 Å². The van der Waals surface area contributed by atoms with E-state index in [2.05, 4.69) is 5.32 Å². The van der Waals surface area contributed by atoms with Crippen LogP contribution in [0.25, 0.3) is 0 Å². The minimum atomic E-state index is 0.0136. The Bertz CT molecular complexity index is 350. The molecular weight excluding hydrogens is 202 g/mol. The molecule has 0 aromatic heterocycles. The minimum absolute atomic E-state index is 0.0136. The number of hydrogen-bond acceptors (Lipinski definition) is 2.